The highest BCUT2D eigenvalue weighted by molar-refractivity contribution is 9.10. The van der Waals surface area contributed by atoms with Gasteiger partial charge >= 0.3 is 0 Å². The summed E-state index contributed by atoms with van der Waals surface area (Å²) >= 11 is 3.44. The van der Waals surface area contributed by atoms with Gasteiger partial charge in [-0.15, -0.1) is 0 Å². The Morgan fingerprint density at radius 2 is 2.41 bits per heavy atom. The van der Waals surface area contributed by atoms with Gasteiger partial charge in [0, 0.05) is 17.1 Å². The van der Waals surface area contributed by atoms with Crippen LogP contribution in [0.1, 0.15) is 18.7 Å². The Morgan fingerprint density at radius 3 is 3.24 bits per heavy atom. The third-order valence-electron chi connectivity index (χ3n) is 3.21. The molecule has 0 bridgehead atoms. The zero-order valence-electron chi connectivity index (χ0n) is 9.56. The predicted octanol–water partition coefficient (Wildman–Crippen LogP) is 2.03. The first-order valence-electron chi connectivity index (χ1n) is 6.03. The fraction of sp³-hybridized carbons (Fsp3) is 0.500. The van der Waals surface area contributed by atoms with Crippen LogP contribution >= 0.6 is 15.9 Å². The smallest absolute Gasteiger partial charge is 0.155 e. The van der Waals surface area contributed by atoms with E-state index in [9.17, 15) is 0 Å². The van der Waals surface area contributed by atoms with Gasteiger partial charge in [-0.3, -0.25) is 0 Å². The molecule has 1 unspecified atom stereocenters. The molecule has 1 saturated heterocycles. The van der Waals surface area contributed by atoms with Gasteiger partial charge in [-0.1, -0.05) is 0 Å². The van der Waals surface area contributed by atoms with E-state index in [0.29, 0.717) is 5.92 Å². The Labute approximate surface area is 109 Å². The lowest BCUT2D eigenvalue weighted by atomic mass is 9.96. The molecule has 0 aliphatic carbocycles. The molecule has 3 heterocycles. The molecule has 0 amide bonds. The minimum Gasteiger partial charge on any atom is -0.316 e. The highest BCUT2D eigenvalue weighted by Crippen LogP contribution is 2.16. The quantitative estimate of drug-likeness (QED) is 0.922. The molecule has 0 saturated carbocycles. The average Bonchev–Trinajstić information content (AvgIpc) is 2.71. The second-order valence-electron chi connectivity index (χ2n) is 4.59. The van der Waals surface area contributed by atoms with Crippen molar-refractivity contribution in [2.45, 2.75) is 19.3 Å². The molecule has 5 heteroatoms. The molecule has 0 radical (unpaired) electrons. The Bertz CT molecular complexity index is 516. The zero-order valence-corrected chi connectivity index (χ0v) is 11.2. The fourth-order valence-corrected chi connectivity index (χ4v) is 2.67. The summed E-state index contributed by atoms with van der Waals surface area (Å²) in [6, 6.07) is 3.98. The van der Waals surface area contributed by atoms with E-state index in [2.05, 4.69) is 31.3 Å². The summed E-state index contributed by atoms with van der Waals surface area (Å²) in [5.74, 6) is 1.64. The molecular formula is C12H15BrN4. The molecule has 17 heavy (non-hydrogen) atoms. The number of hydrogen-bond acceptors (Lipinski definition) is 3. The standard InChI is InChI=1S/C12H15BrN4/c13-10-3-4-12-15-11(16-17(12)8-10)6-9-2-1-5-14-7-9/h3-4,8-9,14H,1-2,5-7H2. The number of piperidine rings is 1. The molecule has 1 N–H and O–H groups in total. The molecule has 1 aliphatic heterocycles. The molecule has 4 nitrogen and oxygen atoms in total. The van der Waals surface area contributed by atoms with E-state index in [-0.39, 0.29) is 0 Å². The summed E-state index contributed by atoms with van der Waals surface area (Å²) in [7, 11) is 0. The van der Waals surface area contributed by atoms with Crippen molar-refractivity contribution in [3.8, 4) is 0 Å². The first kappa shape index (κ1) is 11.2. The monoisotopic (exact) mass is 294 g/mol. The van der Waals surface area contributed by atoms with Crippen molar-refractivity contribution >= 4 is 21.6 Å². The first-order chi connectivity index (χ1) is 8.31. The van der Waals surface area contributed by atoms with Gasteiger partial charge in [-0.05, 0) is 59.9 Å². The highest BCUT2D eigenvalue weighted by atomic mass is 79.9. The largest absolute Gasteiger partial charge is 0.316 e. The summed E-state index contributed by atoms with van der Waals surface area (Å²) in [5, 5.41) is 7.94. The number of pyridine rings is 1. The fourth-order valence-electron chi connectivity index (χ4n) is 2.35. The third-order valence-corrected chi connectivity index (χ3v) is 3.68. The van der Waals surface area contributed by atoms with Gasteiger partial charge in [0.2, 0.25) is 0 Å². The van der Waals surface area contributed by atoms with Gasteiger partial charge in [0.15, 0.2) is 11.5 Å². The van der Waals surface area contributed by atoms with Crippen LogP contribution in [0.3, 0.4) is 0 Å². The maximum Gasteiger partial charge on any atom is 0.155 e. The van der Waals surface area contributed by atoms with Crippen LogP contribution in [0.15, 0.2) is 22.8 Å². The van der Waals surface area contributed by atoms with E-state index in [4.69, 9.17) is 0 Å². The van der Waals surface area contributed by atoms with Crippen LogP contribution in [0.2, 0.25) is 0 Å². The van der Waals surface area contributed by atoms with Crippen molar-refractivity contribution in [3.05, 3.63) is 28.6 Å². The Balaban J connectivity index is 1.80. The molecule has 2 aromatic heterocycles. The maximum atomic E-state index is 4.55. The van der Waals surface area contributed by atoms with Crippen LogP contribution in [0.4, 0.5) is 0 Å². The first-order valence-corrected chi connectivity index (χ1v) is 6.82. The van der Waals surface area contributed by atoms with Gasteiger partial charge in [0.1, 0.15) is 0 Å². The molecule has 90 valence electrons. The lowest BCUT2D eigenvalue weighted by Crippen LogP contribution is -2.31. The number of fused-ring (bicyclic) bond motifs is 1. The predicted molar refractivity (Wildman–Crippen MR) is 70.0 cm³/mol. The van der Waals surface area contributed by atoms with E-state index in [0.717, 1.165) is 35.5 Å². The highest BCUT2D eigenvalue weighted by Gasteiger charge is 2.16. The van der Waals surface area contributed by atoms with Gasteiger partial charge in [0.05, 0.1) is 0 Å². The van der Waals surface area contributed by atoms with E-state index in [1.165, 1.54) is 12.8 Å². The van der Waals surface area contributed by atoms with Crippen LogP contribution in [0, 0.1) is 5.92 Å². The van der Waals surface area contributed by atoms with Gasteiger partial charge in [0.25, 0.3) is 0 Å². The van der Waals surface area contributed by atoms with Gasteiger partial charge < -0.3 is 5.32 Å². The molecule has 1 fully saturated rings. The SMILES string of the molecule is Brc1ccc2nc(CC3CCCNC3)nn2c1. The Hall–Kier alpha value is -0.940. The normalized spacial score (nSPS) is 20.9. The summed E-state index contributed by atoms with van der Waals surface area (Å²) in [6.45, 7) is 2.25. The van der Waals surface area contributed by atoms with Crippen molar-refractivity contribution in [3.63, 3.8) is 0 Å². The number of hydrogen-bond donors (Lipinski definition) is 1. The summed E-state index contributed by atoms with van der Waals surface area (Å²) < 4.78 is 2.87. The number of nitrogens with zero attached hydrogens (tertiary/aromatic N) is 3. The summed E-state index contributed by atoms with van der Waals surface area (Å²) in [5.41, 5.74) is 0.923. The zero-order chi connectivity index (χ0) is 11.7. The van der Waals surface area contributed by atoms with Crippen molar-refractivity contribution < 1.29 is 0 Å². The van der Waals surface area contributed by atoms with Crippen molar-refractivity contribution in [2.24, 2.45) is 5.92 Å². The van der Waals surface area contributed by atoms with Gasteiger partial charge in [-0.2, -0.15) is 5.10 Å². The van der Waals surface area contributed by atoms with Gasteiger partial charge in [-0.25, -0.2) is 9.50 Å². The molecule has 1 aliphatic rings. The molecule has 0 spiro atoms. The minimum absolute atomic E-state index is 0.685. The summed E-state index contributed by atoms with van der Waals surface area (Å²) in [6.07, 6.45) is 5.48. The second kappa shape index (κ2) is 4.74. The van der Waals surface area contributed by atoms with Crippen LogP contribution in [0.25, 0.3) is 5.65 Å². The van der Waals surface area contributed by atoms with Crippen molar-refractivity contribution in [2.75, 3.05) is 13.1 Å². The minimum atomic E-state index is 0.685. The number of halogens is 1. The Kier molecular flexibility index (Phi) is 3.11. The molecule has 3 rings (SSSR count). The van der Waals surface area contributed by atoms with E-state index in [1.54, 1.807) is 0 Å². The summed E-state index contributed by atoms with van der Waals surface area (Å²) in [4.78, 5) is 4.55. The molecule has 1 atom stereocenters. The van der Waals surface area contributed by atoms with Crippen LogP contribution < -0.4 is 5.32 Å². The third kappa shape index (κ3) is 2.50. The van der Waals surface area contributed by atoms with Crippen molar-refractivity contribution in [1.82, 2.24) is 19.9 Å². The molecule has 0 aromatic carbocycles. The second-order valence-corrected chi connectivity index (χ2v) is 5.51. The topological polar surface area (TPSA) is 42.2 Å². The van der Waals surface area contributed by atoms with E-state index < -0.39 is 0 Å². The molecular weight excluding hydrogens is 280 g/mol. The van der Waals surface area contributed by atoms with Crippen LogP contribution in [-0.2, 0) is 6.42 Å². The van der Waals surface area contributed by atoms with E-state index >= 15 is 0 Å². The van der Waals surface area contributed by atoms with Crippen molar-refractivity contribution in [1.29, 1.82) is 0 Å². The van der Waals surface area contributed by atoms with E-state index in [1.807, 2.05) is 22.8 Å². The Morgan fingerprint density at radius 1 is 1.47 bits per heavy atom. The maximum absolute atomic E-state index is 4.55. The number of rotatable bonds is 2. The lowest BCUT2D eigenvalue weighted by Gasteiger charge is -2.21. The van der Waals surface area contributed by atoms with Crippen LogP contribution in [0.5, 0.6) is 0 Å². The number of nitrogens with one attached hydrogen (secondary N) is 1. The van der Waals surface area contributed by atoms with Crippen LogP contribution in [-0.4, -0.2) is 27.7 Å². The molecule has 2 aromatic rings. The average molecular weight is 295 g/mol. The number of aromatic nitrogens is 3. The lowest BCUT2D eigenvalue weighted by molar-refractivity contribution is 0.371.